The zero-order chi connectivity index (χ0) is 18.1. The molecule has 0 saturated carbocycles. The van der Waals surface area contributed by atoms with E-state index in [1.54, 1.807) is 0 Å². The molecular weight excluding hydrogens is 350 g/mol. The smallest absolute Gasteiger partial charge is 0.192 e. The van der Waals surface area contributed by atoms with Gasteiger partial charge in [-0.3, -0.25) is 0 Å². The SMILES string of the molecule is CC(C)(C)[Si](C)(C)OC1CCCN(c2cnc(N3CCOCC3)s2)C1. The molecule has 25 heavy (non-hydrogen) atoms. The van der Waals surface area contributed by atoms with Gasteiger partial charge in [0.25, 0.3) is 0 Å². The van der Waals surface area contributed by atoms with Crippen LogP contribution in [0.15, 0.2) is 6.20 Å². The Kier molecular flexibility index (Phi) is 5.77. The Morgan fingerprint density at radius 2 is 1.92 bits per heavy atom. The summed E-state index contributed by atoms with van der Waals surface area (Å²) >= 11 is 1.81. The Balaban J connectivity index is 1.62. The van der Waals surface area contributed by atoms with Crippen molar-refractivity contribution in [3.8, 4) is 0 Å². The molecule has 0 aromatic carbocycles. The molecule has 3 heterocycles. The highest BCUT2D eigenvalue weighted by atomic mass is 32.1. The number of hydrogen-bond donors (Lipinski definition) is 0. The second-order valence-corrected chi connectivity index (χ2v) is 14.4. The number of rotatable bonds is 4. The lowest BCUT2D eigenvalue weighted by atomic mass is 10.1. The summed E-state index contributed by atoms with van der Waals surface area (Å²) in [6, 6.07) is 0. The second-order valence-electron chi connectivity index (χ2n) is 8.67. The maximum Gasteiger partial charge on any atom is 0.192 e. The zero-order valence-corrected chi connectivity index (χ0v) is 18.2. The van der Waals surface area contributed by atoms with E-state index in [-0.39, 0.29) is 5.04 Å². The molecule has 1 atom stereocenters. The lowest BCUT2D eigenvalue weighted by Gasteiger charge is -2.42. The summed E-state index contributed by atoms with van der Waals surface area (Å²) in [5.41, 5.74) is 0. The Morgan fingerprint density at radius 3 is 2.60 bits per heavy atom. The molecule has 0 aliphatic carbocycles. The van der Waals surface area contributed by atoms with Gasteiger partial charge < -0.3 is 19.0 Å². The fraction of sp³-hybridized carbons (Fsp3) is 0.833. The molecule has 0 radical (unpaired) electrons. The minimum atomic E-state index is -1.71. The second kappa shape index (κ2) is 7.54. The van der Waals surface area contributed by atoms with Gasteiger partial charge in [0.1, 0.15) is 5.00 Å². The fourth-order valence-electron chi connectivity index (χ4n) is 3.13. The van der Waals surface area contributed by atoms with E-state index in [0.717, 1.165) is 44.5 Å². The molecule has 0 bridgehead atoms. The van der Waals surface area contributed by atoms with E-state index in [4.69, 9.17) is 9.16 Å². The number of thiazole rings is 1. The van der Waals surface area contributed by atoms with E-state index in [2.05, 4.69) is 48.6 Å². The molecule has 1 aromatic rings. The Morgan fingerprint density at radius 1 is 1.20 bits per heavy atom. The van der Waals surface area contributed by atoms with Crippen LogP contribution in [0.2, 0.25) is 18.1 Å². The van der Waals surface area contributed by atoms with Crippen molar-refractivity contribution in [2.75, 3.05) is 49.2 Å². The number of nitrogens with zero attached hydrogens (tertiary/aromatic N) is 3. The van der Waals surface area contributed by atoms with Crippen LogP contribution in [0.25, 0.3) is 0 Å². The van der Waals surface area contributed by atoms with Gasteiger partial charge >= 0.3 is 0 Å². The van der Waals surface area contributed by atoms with Gasteiger partial charge in [0, 0.05) is 26.2 Å². The number of ether oxygens (including phenoxy) is 1. The van der Waals surface area contributed by atoms with Crippen molar-refractivity contribution in [3.63, 3.8) is 0 Å². The lowest BCUT2D eigenvalue weighted by Crippen LogP contribution is -2.49. The van der Waals surface area contributed by atoms with Gasteiger partial charge in [-0.1, -0.05) is 32.1 Å². The van der Waals surface area contributed by atoms with Crippen molar-refractivity contribution in [1.29, 1.82) is 0 Å². The van der Waals surface area contributed by atoms with Crippen molar-refractivity contribution in [2.45, 2.75) is 57.8 Å². The summed E-state index contributed by atoms with van der Waals surface area (Å²) in [6.45, 7) is 17.3. The molecular formula is C18H33N3O2SSi. The third-order valence-corrected chi connectivity index (χ3v) is 11.4. The van der Waals surface area contributed by atoms with E-state index >= 15 is 0 Å². The Labute approximate surface area is 157 Å². The number of piperidine rings is 1. The van der Waals surface area contributed by atoms with Crippen molar-refractivity contribution in [1.82, 2.24) is 4.98 Å². The number of morpholine rings is 1. The molecule has 1 unspecified atom stereocenters. The molecule has 1 aromatic heterocycles. The van der Waals surface area contributed by atoms with Crippen LogP contribution in [0.4, 0.5) is 10.1 Å². The molecule has 0 spiro atoms. The first-order chi connectivity index (χ1) is 11.8. The van der Waals surface area contributed by atoms with Crippen LogP contribution in [-0.2, 0) is 9.16 Å². The third kappa shape index (κ3) is 4.56. The number of hydrogen-bond acceptors (Lipinski definition) is 6. The summed E-state index contributed by atoms with van der Waals surface area (Å²) in [5, 5.41) is 2.68. The van der Waals surface area contributed by atoms with Crippen molar-refractivity contribution in [2.24, 2.45) is 0 Å². The highest BCUT2D eigenvalue weighted by molar-refractivity contribution is 7.19. The van der Waals surface area contributed by atoms with Crippen LogP contribution < -0.4 is 9.80 Å². The van der Waals surface area contributed by atoms with E-state index in [1.807, 2.05) is 17.5 Å². The molecule has 2 saturated heterocycles. The van der Waals surface area contributed by atoms with Gasteiger partial charge in [-0.05, 0) is 31.0 Å². The van der Waals surface area contributed by atoms with Gasteiger partial charge in [0.05, 0.1) is 25.5 Å². The number of anilines is 2. The average molecular weight is 384 g/mol. The highest BCUT2D eigenvalue weighted by Gasteiger charge is 2.40. The minimum Gasteiger partial charge on any atom is -0.412 e. The van der Waals surface area contributed by atoms with E-state index < -0.39 is 8.32 Å². The summed E-state index contributed by atoms with van der Waals surface area (Å²) in [5.74, 6) is 0. The predicted octanol–water partition coefficient (Wildman–Crippen LogP) is 3.97. The normalized spacial score (nSPS) is 23.2. The standard InChI is InChI=1S/C18H33N3O2SSi/c1-18(2,3)25(4,5)23-15-7-6-8-21(14-15)16-13-19-17(24-16)20-9-11-22-12-10-20/h13,15H,6-12,14H2,1-5H3. The molecule has 7 heteroatoms. The maximum absolute atomic E-state index is 6.67. The average Bonchev–Trinajstić information content (AvgIpc) is 3.04. The van der Waals surface area contributed by atoms with Crippen LogP contribution >= 0.6 is 11.3 Å². The van der Waals surface area contributed by atoms with Crippen molar-refractivity contribution < 1.29 is 9.16 Å². The summed E-state index contributed by atoms with van der Waals surface area (Å²) in [6.07, 6.45) is 4.77. The van der Waals surface area contributed by atoms with E-state index in [9.17, 15) is 0 Å². The van der Waals surface area contributed by atoms with Gasteiger partial charge in [-0.15, -0.1) is 0 Å². The van der Waals surface area contributed by atoms with Crippen molar-refractivity contribution in [3.05, 3.63) is 6.20 Å². The predicted molar refractivity (Wildman–Crippen MR) is 109 cm³/mol. The quantitative estimate of drug-likeness (QED) is 0.736. The van der Waals surface area contributed by atoms with Gasteiger partial charge in [-0.25, -0.2) is 4.98 Å². The van der Waals surface area contributed by atoms with Crippen LogP contribution in [-0.4, -0.2) is 58.8 Å². The molecule has 0 N–H and O–H groups in total. The minimum absolute atomic E-state index is 0.267. The lowest BCUT2D eigenvalue weighted by molar-refractivity contribution is 0.122. The first-order valence-corrected chi connectivity index (χ1v) is 13.2. The first-order valence-electron chi connectivity index (χ1n) is 9.47. The largest absolute Gasteiger partial charge is 0.412 e. The topological polar surface area (TPSA) is 37.8 Å². The fourth-order valence-corrected chi connectivity index (χ4v) is 5.52. The number of aromatic nitrogens is 1. The van der Waals surface area contributed by atoms with E-state index in [0.29, 0.717) is 6.10 Å². The van der Waals surface area contributed by atoms with Crippen LogP contribution in [0, 0.1) is 0 Å². The molecule has 3 rings (SSSR count). The van der Waals surface area contributed by atoms with Crippen LogP contribution in [0.5, 0.6) is 0 Å². The van der Waals surface area contributed by atoms with Gasteiger partial charge in [0.2, 0.25) is 0 Å². The third-order valence-electron chi connectivity index (χ3n) is 5.72. The van der Waals surface area contributed by atoms with E-state index in [1.165, 1.54) is 17.8 Å². The Hall–Kier alpha value is -0.633. The molecule has 2 aliphatic rings. The highest BCUT2D eigenvalue weighted by Crippen LogP contribution is 2.39. The monoisotopic (exact) mass is 383 g/mol. The zero-order valence-electron chi connectivity index (χ0n) is 16.4. The molecule has 2 aliphatic heterocycles. The molecule has 5 nitrogen and oxygen atoms in total. The molecule has 2 fully saturated rings. The molecule has 142 valence electrons. The van der Waals surface area contributed by atoms with Crippen LogP contribution in [0.3, 0.4) is 0 Å². The summed E-state index contributed by atoms with van der Waals surface area (Å²) in [7, 11) is -1.71. The van der Waals surface area contributed by atoms with Gasteiger partial charge in [0.15, 0.2) is 13.4 Å². The van der Waals surface area contributed by atoms with Gasteiger partial charge in [-0.2, -0.15) is 0 Å². The Bertz CT molecular complexity index is 567. The summed E-state index contributed by atoms with van der Waals surface area (Å²) < 4.78 is 12.1. The molecule has 0 amide bonds. The summed E-state index contributed by atoms with van der Waals surface area (Å²) in [4.78, 5) is 9.48. The van der Waals surface area contributed by atoms with Crippen molar-refractivity contribution >= 4 is 29.8 Å². The maximum atomic E-state index is 6.67. The first kappa shape index (κ1) is 19.1. The van der Waals surface area contributed by atoms with Crippen LogP contribution in [0.1, 0.15) is 33.6 Å².